The van der Waals surface area contributed by atoms with Crippen molar-refractivity contribution >= 4 is 11.6 Å². The number of halogens is 1. The second kappa shape index (κ2) is 9.34. The lowest BCUT2D eigenvalue weighted by Gasteiger charge is -2.23. The predicted octanol–water partition coefficient (Wildman–Crippen LogP) is 3.17. The maximum absolute atomic E-state index is 13.1. The molecule has 1 atom stereocenters. The van der Waals surface area contributed by atoms with Crippen molar-refractivity contribution in [2.45, 2.75) is 39.0 Å². The predicted molar refractivity (Wildman–Crippen MR) is 116 cm³/mol. The Bertz CT molecular complexity index is 1300. The van der Waals surface area contributed by atoms with Crippen molar-refractivity contribution in [2.75, 3.05) is 6.61 Å². The van der Waals surface area contributed by atoms with Crippen molar-refractivity contribution in [3.8, 4) is 17.6 Å². The Kier molecular flexibility index (Phi) is 6.35. The molecule has 1 aromatic carbocycles. The third-order valence-corrected chi connectivity index (χ3v) is 5.25. The van der Waals surface area contributed by atoms with Gasteiger partial charge in [-0.25, -0.2) is 9.67 Å². The van der Waals surface area contributed by atoms with E-state index in [1.165, 1.54) is 39.8 Å². The molecule has 3 heterocycles. The monoisotopic (exact) mass is 453 g/mol. The number of nitrogens with zero attached hydrogens (tertiary/aromatic N) is 5. The van der Waals surface area contributed by atoms with Gasteiger partial charge in [0.05, 0.1) is 35.9 Å². The van der Waals surface area contributed by atoms with Gasteiger partial charge in [-0.2, -0.15) is 10.4 Å². The van der Waals surface area contributed by atoms with Gasteiger partial charge in [-0.05, 0) is 50.5 Å². The van der Waals surface area contributed by atoms with E-state index < -0.39 is 11.8 Å². The molecule has 9 nitrogen and oxygen atoms in total. The number of hydrogen-bond acceptors (Lipinski definition) is 7. The SMILES string of the molecule is Cc1ncn(Cc2ccc(=O)n(C3CCCCO3)n2)c(=O)c1Oc1cc(Cl)cc(C#N)c1. The zero-order valence-corrected chi connectivity index (χ0v) is 18.1. The number of rotatable bonds is 5. The molecule has 164 valence electrons. The molecular weight excluding hydrogens is 434 g/mol. The molecule has 3 aromatic rings. The average molecular weight is 454 g/mol. The molecule has 10 heteroatoms. The molecule has 0 N–H and O–H groups in total. The van der Waals surface area contributed by atoms with Gasteiger partial charge in [-0.3, -0.25) is 14.2 Å². The number of ether oxygens (including phenoxy) is 2. The highest BCUT2D eigenvalue weighted by molar-refractivity contribution is 6.30. The van der Waals surface area contributed by atoms with Gasteiger partial charge >= 0.3 is 0 Å². The first-order valence-electron chi connectivity index (χ1n) is 10.1. The van der Waals surface area contributed by atoms with Crippen molar-refractivity contribution in [1.29, 1.82) is 5.26 Å². The van der Waals surface area contributed by atoms with Crippen LogP contribution in [0.2, 0.25) is 5.02 Å². The largest absolute Gasteiger partial charge is 0.450 e. The zero-order valence-electron chi connectivity index (χ0n) is 17.3. The van der Waals surface area contributed by atoms with E-state index in [9.17, 15) is 9.59 Å². The summed E-state index contributed by atoms with van der Waals surface area (Å²) in [4.78, 5) is 29.6. The first-order valence-corrected chi connectivity index (χ1v) is 10.5. The molecule has 32 heavy (non-hydrogen) atoms. The molecular formula is C22H20ClN5O4. The number of benzene rings is 1. The van der Waals surface area contributed by atoms with E-state index in [-0.39, 0.29) is 23.6 Å². The first kappa shape index (κ1) is 21.7. The van der Waals surface area contributed by atoms with Gasteiger partial charge in [-0.15, -0.1) is 0 Å². The fraction of sp³-hybridized carbons (Fsp3) is 0.318. The van der Waals surface area contributed by atoms with Crippen molar-refractivity contribution in [3.05, 3.63) is 79.3 Å². The summed E-state index contributed by atoms with van der Waals surface area (Å²) in [6.45, 7) is 2.33. The normalized spacial score (nSPS) is 15.8. The summed E-state index contributed by atoms with van der Waals surface area (Å²) < 4.78 is 14.1. The molecule has 1 aliphatic rings. The highest BCUT2D eigenvalue weighted by atomic mass is 35.5. The standard InChI is InChI=1S/C22H20ClN5O4/c1-14-21(32-18-9-15(11-24)8-16(23)10-18)22(30)27(13-25-14)12-17-5-6-19(29)28(26-17)20-4-2-3-7-31-20/h5-6,8-10,13,20H,2-4,7,12H2,1H3. The number of hydrogen-bond donors (Lipinski definition) is 0. The third-order valence-electron chi connectivity index (χ3n) is 5.04. The molecule has 1 unspecified atom stereocenters. The van der Waals surface area contributed by atoms with Crippen LogP contribution in [-0.4, -0.2) is 25.9 Å². The zero-order chi connectivity index (χ0) is 22.7. The molecule has 0 aliphatic carbocycles. The molecule has 0 radical (unpaired) electrons. The van der Waals surface area contributed by atoms with Gasteiger partial charge in [0.15, 0.2) is 6.23 Å². The summed E-state index contributed by atoms with van der Waals surface area (Å²) in [6.07, 6.45) is 3.63. The summed E-state index contributed by atoms with van der Waals surface area (Å²) in [5.74, 6) is 0.275. The quantitative estimate of drug-likeness (QED) is 0.583. The maximum atomic E-state index is 13.1. The Labute approximate surface area is 188 Å². The molecule has 0 bridgehead atoms. The lowest BCUT2D eigenvalue weighted by Crippen LogP contribution is -2.32. The summed E-state index contributed by atoms with van der Waals surface area (Å²) in [5, 5.41) is 13.8. The van der Waals surface area contributed by atoms with Gasteiger partial charge in [0, 0.05) is 17.7 Å². The fourth-order valence-electron chi connectivity index (χ4n) is 3.43. The molecule has 2 aromatic heterocycles. The number of nitriles is 1. The topological polar surface area (TPSA) is 112 Å². The minimum Gasteiger partial charge on any atom is -0.450 e. The van der Waals surface area contributed by atoms with Crippen LogP contribution in [0.1, 0.15) is 42.4 Å². The Hall–Kier alpha value is -3.48. The summed E-state index contributed by atoms with van der Waals surface area (Å²) in [7, 11) is 0. The smallest absolute Gasteiger partial charge is 0.296 e. The third kappa shape index (κ3) is 4.72. The van der Waals surface area contributed by atoms with E-state index in [0.29, 0.717) is 35.0 Å². The molecule has 1 fully saturated rings. The minimum absolute atomic E-state index is 0.0163. The summed E-state index contributed by atoms with van der Waals surface area (Å²) in [6, 6.07) is 9.49. The highest BCUT2D eigenvalue weighted by Crippen LogP contribution is 2.25. The Balaban J connectivity index is 1.64. The van der Waals surface area contributed by atoms with Crippen molar-refractivity contribution in [1.82, 2.24) is 19.3 Å². The van der Waals surface area contributed by atoms with Crippen LogP contribution < -0.4 is 15.9 Å². The van der Waals surface area contributed by atoms with Crippen LogP contribution in [0, 0.1) is 18.3 Å². The second-order valence-corrected chi connectivity index (χ2v) is 7.85. The lowest BCUT2D eigenvalue weighted by molar-refractivity contribution is -0.0428. The second-order valence-electron chi connectivity index (χ2n) is 7.41. The minimum atomic E-state index is -0.426. The van der Waals surface area contributed by atoms with Crippen molar-refractivity contribution in [2.24, 2.45) is 0 Å². The highest BCUT2D eigenvalue weighted by Gasteiger charge is 2.19. The van der Waals surface area contributed by atoms with Crippen molar-refractivity contribution in [3.63, 3.8) is 0 Å². The van der Waals surface area contributed by atoms with Crippen LogP contribution in [0.25, 0.3) is 0 Å². The Morgan fingerprint density at radius 3 is 2.88 bits per heavy atom. The van der Waals surface area contributed by atoms with E-state index in [1.807, 2.05) is 6.07 Å². The molecule has 4 rings (SSSR count). The molecule has 0 amide bonds. The molecule has 0 saturated carbocycles. The molecule has 1 saturated heterocycles. The van der Waals surface area contributed by atoms with Crippen LogP contribution in [0.15, 0.2) is 46.2 Å². The summed E-state index contributed by atoms with van der Waals surface area (Å²) in [5.41, 5.74) is 0.522. The first-order chi connectivity index (χ1) is 15.4. The van der Waals surface area contributed by atoms with Crippen LogP contribution in [-0.2, 0) is 11.3 Å². The molecule has 1 aliphatic heterocycles. The van der Waals surface area contributed by atoms with Crippen LogP contribution in [0.5, 0.6) is 11.5 Å². The van der Waals surface area contributed by atoms with E-state index >= 15 is 0 Å². The van der Waals surface area contributed by atoms with E-state index in [4.69, 9.17) is 26.3 Å². The Morgan fingerprint density at radius 1 is 1.28 bits per heavy atom. The van der Waals surface area contributed by atoms with Gasteiger partial charge in [0.1, 0.15) is 5.75 Å². The number of aromatic nitrogens is 4. The summed E-state index contributed by atoms with van der Waals surface area (Å²) >= 11 is 6.03. The Morgan fingerprint density at radius 2 is 2.12 bits per heavy atom. The van der Waals surface area contributed by atoms with Gasteiger partial charge in [0.2, 0.25) is 5.75 Å². The van der Waals surface area contributed by atoms with Gasteiger partial charge < -0.3 is 9.47 Å². The van der Waals surface area contributed by atoms with Crippen LogP contribution in [0.3, 0.4) is 0 Å². The van der Waals surface area contributed by atoms with Crippen LogP contribution >= 0.6 is 11.6 Å². The molecule has 0 spiro atoms. The maximum Gasteiger partial charge on any atom is 0.296 e. The van der Waals surface area contributed by atoms with E-state index in [1.54, 1.807) is 13.0 Å². The fourth-order valence-corrected chi connectivity index (χ4v) is 3.66. The van der Waals surface area contributed by atoms with E-state index in [2.05, 4.69) is 10.1 Å². The van der Waals surface area contributed by atoms with Crippen LogP contribution in [0.4, 0.5) is 0 Å². The van der Waals surface area contributed by atoms with Gasteiger partial charge in [-0.1, -0.05) is 11.6 Å². The van der Waals surface area contributed by atoms with Crippen molar-refractivity contribution < 1.29 is 9.47 Å². The lowest BCUT2D eigenvalue weighted by atomic mass is 10.2. The van der Waals surface area contributed by atoms with Gasteiger partial charge in [0.25, 0.3) is 11.1 Å². The van der Waals surface area contributed by atoms with E-state index in [0.717, 1.165) is 12.8 Å². The average Bonchev–Trinajstić information content (AvgIpc) is 2.80. The number of aryl methyl sites for hydroxylation is 1.